The van der Waals surface area contributed by atoms with Crippen LogP contribution in [0.2, 0.25) is 0 Å². The van der Waals surface area contributed by atoms with Crippen LogP contribution in [0.1, 0.15) is 25.7 Å². The summed E-state index contributed by atoms with van der Waals surface area (Å²) in [5, 5.41) is 17.9. The second-order valence-electron chi connectivity index (χ2n) is 3.15. The van der Waals surface area contributed by atoms with Gasteiger partial charge in [0.15, 0.2) is 0 Å². The van der Waals surface area contributed by atoms with Gasteiger partial charge >= 0.3 is 0 Å². The Labute approximate surface area is 67.6 Å². The van der Waals surface area contributed by atoms with Crippen molar-refractivity contribution in [3.05, 3.63) is 12.2 Å². The van der Waals surface area contributed by atoms with E-state index in [-0.39, 0.29) is 12.7 Å². The van der Waals surface area contributed by atoms with E-state index in [2.05, 4.69) is 0 Å². The molecule has 0 bridgehead atoms. The maximum absolute atomic E-state index is 9.48. The smallest absolute Gasteiger partial charge is 0.0749 e. The Bertz CT molecular complexity index is 126. The summed E-state index contributed by atoms with van der Waals surface area (Å²) in [6.07, 6.45) is 7.75. The lowest BCUT2D eigenvalue weighted by molar-refractivity contribution is 0.155. The highest BCUT2D eigenvalue weighted by molar-refractivity contribution is 4.93. The Morgan fingerprint density at radius 1 is 1.36 bits per heavy atom. The van der Waals surface area contributed by atoms with Crippen LogP contribution in [0, 0.1) is 5.92 Å². The van der Waals surface area contributed by atoms with E-state index in [0.717, 1.165) is 12.8 Å². The summed E-state index contributed by atoms with van der Waals surface area (Å²) in [6, 6.07) is 0. The summed E-state index contributed by atoms with van der Waals surface area (Å²) in [7, 11) is 0. The highest BCUT2D eigenvalue weighted by Crippen LogP contribution is 2.27. The van der Waals surface area contributed by atoms with E-state index in [1.54, 1.807) is 12.2 Å². The van der Waals surface area contributed by atoms with Crippen LogP contribution in [-0.2, 0) is 0 Å². The first-order chi connectivity index (χ1) is 5.34. The molecular formula is C9H16O2. The summed E-state index contributed by atoms with van der Waals surface area (Å²) in [5.74, 6) is 0.442. The van der Waals surface area contributed by atoms with Gasteiger partial charge in [-0.1, -0.05) is 25.0 Å². The Balaban J connectivity index is 2.27. The first kappa shape index (κ1) is 8.75. The molecule has 0 amide bonds. The molecule has 1 unspecified atom stereocenters. The van der Waals surface area contributed by atoms with Gasteiger partial charge in [0.1, 0.15) is 0 Å². The summed E-state index contributed by atoms with van der Waals surface area (Å²) in [4.78, 5) is 0. The highest BCUT2D eigenvalue weighted by atomic mass is 16.3. The van der Waals surface area contributed by atoms with Crippen LogP contribution in [0.3, 0.4) is 0 Å². The fourth-order valence-electron chi connectivity index (χ4n) is 1.66. The molecule has 2 N–H and O–H groups in total. The molecule has 0 spiro atoms. The molecule has 0 aromatic heterocycles. The third-order valence-electron chi connectivity index (χ3n) is 2.32. The number of aliphatic hydroxyl groups is 2. The minimum Gasteiger partial charge on any atom is -0.392 e. The summed E-state index contributed by atoms with van der Waals surface area (Å²) in [6.45, 7) is 0.0315. The van der Waals surface area contributed by atoms with Crippen LogP contribution in [0.4, 0.5) is 0 Å². The molecule has 0 saturated heterocycles. The molecule has 0 heterocycles. The zero-order valence-corrected chi connectivity index (χ0v) is 6.74. The highest BCUT2D eigenvalue weighted by Gasteiger charge is 2.20. The van der Waals surface area contributed by atoms with Crippen LogP contribution < -0.4 is 0 Å². The van der Waals surface area contributed by atoms with Crippen LogP contribution in [0.5, 0.6) is 0 Å². The second kappa shape index (κ2) is 4.52. The largest absolute Gasteiger partial charge is 0.392 e. The van der Waals surface area contributed by atoms with Gasteiger partial charge < -0.3 is 10.2 Å². The molecular weight excluding hydrogens is 140 g/mol. The van der Waals surface area contributed by atoms with Gasteiger partial charge in [-0.05, 0) is 18.8 Å². The van der Waals surface area contributed by atoms with Crippen LogP contribution in [0.25, 0.3) is 0 Å². The zero-order valence-electron chi connectivity index (χ0n) is 6.74. The van der Waals surface area contributed by atoms with Crippen molar-refractivity contribution in [3.8, 4) is 0 Å². The molecule has 0 aromatic carbocycles. The van der Waals surface area contributed by atoms with Crippen LogP contribution in [-0.4, -0.2) is 22.9 Å². The molecule has 11 heavy (non-hydrogen) atoms. The van der Waals surface area contributed by atoms with E-state index >= 15 is 0 Å². The molecule has 1 aliphatic carbocycles. The fraction of sp³-hybridized carbons (Fsp3) is 0.778. The predicted octanol–water partition coefficient (Wildman–Crippen LogP) is 1.09. The quantitative estimate of drug-likeness (QED) is 0.600. The van der Waals surface area contributed by atoms with Crippen molar-refractivity contribution in [2.45, 2.75) is 31.8 Å². The van der Waals surface area contributed by atoms with Gasteiger partial charge in [-0.3, -0.25) is 0 Å². The summed E-state index contributed by atoms with van der Waals surface area (Å²) < 4.78 is 0. The van der Waals surface area contributed by atoms with Crippen molar-refractivity contribution < 1.29 is 10.2 Å². The van der Waals surface area contributed by atoms with Gasteiger partial charge in [0.2, 0.25) is 0 Å². The lowest BCUT2D eigenvalue weighted by Gasteiger charge is -2.12. The fourth-order valence-corrected chi connectivity index (χ4v) is 1.66. The van der Waals surface area contributed by atoms with Crippen molar-refractivity contribution in [1.29, 1.82) is 0 Å². The Morgan fingerprint density at radius 3 is 2.55 bits per heavy atom. The van der Waals surface area contributed by atoms with E-state index in [1.807, 2.05) is 0 Å². The first-order valence-corrected chi connectivity index (χ1v) is 4.30. The lowest BCUT2D eigenvalue weighted by Crippen LogP contribution is -2.14. The second-order valence-corrected chi connectivity index (χ2v) is 3.15. The maximum Gasteiger partial charge on any atom is 0.0749 e. The Hall–Kier alpha value is -0.340. The average molecular weight is 156 g/mol. The number of rotatable bonds is 3. The van der Waals surface area contributed by atoms with Gasteiger partial charge in [0.25, 0.3) is 0 Å². The molecule has 1 fully saturated rings. The van der Waals surface area contributed by atoms with Crippen molar-refractivity contribution in [3.63, 3.8) is 0 Å². The van der Waals surface area contributed by atoms with Crippen molar-refractivity contribution in [2.75, 3.05) is 6.61 Å². The van der Waals surface area contributed by atoms with Gasteiger partial charge in [0, 0.05) is 0 Å². The van der Waals surface area contributed by atoms with E-state index in [4.69, 9.17) is 5.11 Å². The van der Waals surface area contributed by atoms with Crippen molar-refractivity contribution in [1.82, 2.24) is 0 Å². The number of aliphatic hydroxyl groups excluding tert-OH is 2. The van der Waals surface area contributed by atoms with E-state index in [0.29, 0.717) is 5.92 Å². The number of hydrogen-bond donors (Lipinski definition) is 2. The molecule has 1 rings (SSSR count). The van der Waals surface area contributed by atoms with Crippen LogP contribution in [0.15, 0.2) is 12.2 Å². The maximum atomic E-state index is 9.48. The third kappa shape index (κ3) is 2.64. The van der Waals surface area contributed by atoms with Gasteiger partial charge in [-0.2, -0.15) is 0 Å². The molecule has 0 aliphatic heterocycles. The van der Waals surface area contributed by atoms with Crippen molar-refractivity contribution >= 4 is 0 Å². The van der Waals surface area contributed by atoms with Crippen LogP contribution >= 0.6 is 0 Å². The minimum absolute atomic E-state index is 0.0315. The van der Waals surface area contributed by atoms with Gasteiger partial charge in [-0.25, -0.2) is 0 Å². The standard InChI is InChI=1S/C9H16O2/c10-7-3-6-9(11)8-4-1-2-5-8/h3,6,8-11H,1-2,4-5,7H2/b6-3+. The zero-order chi connectivity index (χ0) is 8.10. The molecule has 2 heteroatoms. The minimum atomic E-state index is -0.329. The molecule has 64 valence electrons. The molecule has 1 atom stereocenters. The first-order valence-electron chi connectivity index (χ1n) is 4.30. The molecule has 2 nitrogen and oxygen atoms in total. The van der Waals surface area contributed by atoms with E-state index in [1.165, 1.54) is 12.8 Å². The number of hydrogen-bond acceptors (Lipinski definition) is 2. The third-order valence-corrected chi connectivity index (χ3v) is 2.32. The topological polar surface area (TPSA) is 40.5 Å². The SMILES string of the molecule is OC/C=C/C(O)C1CCCC1. The Kier molecular flexibility index (Phi) is 3.60. The van der Waals surface area contributed by atoms with E-state index < -0.39 is 0 Å². The normalized spacial score (nSPS) is 23.1. The predicted molar refractivity (Wildman–Crippen MR) is 44.2 cm³/mol. The van der Waals surface area contributed by atoms with Crippen molar-refractivity contribution in [2.24, 2.45) is 5.92 Å². The van der Waals surface area contributed by atoms with Gasteiger partial charge in [0.05, 0.1) is 12.7 Å². The summed E-state index contributed by atoms with van der Waals surface area (Å²) in [5.41, 5.74) is 0. The monoisotopic (exact) mass is 156 g/mol. The molecule has 0 radical (unpaired) electrons. The van der Waals surface area contributed by atoms with Gasteiger partial charge in [-0.15, -0.1) is 0 Å². The average Bonchev–Trinajstić information content (AvgIpc) is 2.52. The van der Waals surface area contributed by atoms with E-state index in [9.17, 15) is 5.11 Å². The molecule has 1 saturated carbocycles. The molecule has 0 aromatic rings. The lowest BCUT2D eigenvalue weighted by atomic mass is 10.0. The Morgan fingerprint density at radius 2 is 2.00 bits per heavy atom. The molecule has 1 aliphatic rings. The summed E-state index contributed by atoms with van der Waals surface area (Å²) >= 11 is 0.